The summed E-state index contributed by atoms with van der Waals surface area (Å²) in [6.45, 7) is 0.884. The van der Waals surface area contributed by atoms with Crippen molar-refractivity contribution in [1.82, 2.24) is 0 Å². The lowest BCUT2D eigenvalue weighted by atomic mass is 10.1. The van der Waals surface area contributed by atoms with Crippen LogP contribution in [0.4, 0.5) is 5.69 Å². The van der Waals surface area contributed by atoms with Crippen molar-refractivity contribution in [3.05, 3.63) is 56.5 Å². The Bertz CT molecular complexity index is 1000. The fourth-order valence-electron chi connectivity index (χ4n) is 2.09. The molecule has 0 unspecified atom stereocenters. The molecule has 0 spiro atoms. The van der Waals surface area contributed by atoms with Crippen molar-refractivity contribution in [2.45, 2.75) is 11.8 Å². The minimum absolute atomic E-state index is 0.0695. The highest BCUT2D eigenvalue weighted by Crippen LogP contribution is 2.33. The number of benzene rings is 2. The first-order valence-electron chi connectivity index (χ1n) is 7.24. The fourth-order valence-corrected chi connectivity index (χ4v) is 3.80. The van der Waals surface area contributed by atoms with Gasteiger partial charge in [-0.2, -0.15) is 0 Å². The third-order valence-corrected chi connectivity index (χ3v) is 5.20. The molecule has 0 aliphatic rings. The number of nitrogens with two attached hydrogens (primary N) is 1. The average molecular weight is 452 g/mol. The molecule has 7 nitrogen and oxygen atoms in total. The van der Waals surface area contributed by atoms with E-state index in [9.17, 15) is 18.0 Å². The Morgan fingerprint density at radius 3 is 2.26 bits per heavy atom. The summed E-state index contributed by atoms with van der Waals surface area (Å²) >= 11 is 17.7. The number of aryl methyl sites for hydroxylation is 1. The third-order valence-electron chi connectivity index (χ3n) is 3.34. The largest absolute Gasteiger partial charge is 0.452 e. The summed E-state index contributed by atoms with van der Waals surface area (Å²) in [4.78, 5) is 23.8. The molecular weight excluding hydrogens is 439 g/mol. The summed E-state index contributed by atoms with van der Waals surface area (Å²) in [5.41, 5.74) is 0.425. The van der Waals surface area contributed by atoms with Gasteiger partial charge >= 0.3 is 5.97 Å². The van der Waals surface area contributed by atoms with Crippen LogP contribution in [0.25, 0.3) is 0 Å². The Kier molecular flexibility index (Phi) is 6.72. The molecule has 0 saturated carbocycles. The van der Waals surface area contributed by atoms with Crippen LogP contribution in [0.1, 0.15) is 15.9 Å². The quantitative estimate of drug-likeness (QED) is 0.676. The molecule has 0 aliphatic heterocycles. The molecule has 0 bridgehead atoms. The van der Waals surface area contributed by atoms with Crippen LogP contribution >= 0.6 is 34.8 Å². The summed E-state index contributed by atoms with van der Waals surface area (Å²) < 4.78 is 27.9. The summed E-state index contributed by atoms with van der Waals surface area (Å²) in [7, 11) is -4.00. The van der Waals surface area contributed by atoms with Crippen molar-refractivity contribution >= 4 is 62.4 Å². The number of anilines is 1. The molecule has 0 saturated heterocycles. The topological polar surface area (TPSA) is 116 Å². The zero-order valence-corrected chi connectivity index (χ0v) is 16.8. The van der Waals surface area contributed by atoms with E-state index in [1.165, 1.54) is 31.2 Å². The van der Waals surface area contributed by atoms with E-state index < -0.39 is 28.5 Å². The Hall–Kier alpha value is -1.84. The molecule has 2 aromatic carbocycles. The lowest BCUT2D eigenvalue weighted by Gasteiger charge is -2.11. The predicted octanol–water partition coefficient (Wildman–Crippen LogP) is 3.40. The molecule has 2 aromatic rings. The van der Waals surface area contributed by atoms with Crippen molar-refractivity contribution in [3.63, 3.8) is 0 Å². The average Bonchev–Trinajstić information content (AvgIpc) is 2.55. The molecule has 144 valence electrons. The summed E-state index contributed by atoms with van der Waals surface area (Å²) in [6, 6.07) is 6.62. The molecule has 2 rings (SSSR count). The molecule has 1 amide bonds. The van der Waals surface area contributed by atoms with Crippen LogP contribution in [0, 0.1) is 6.92 Å². The van der Waals surface area contributed by atoms with Crippen LogP contribution in [0.5, 0.6) is 0 Å². The number of halogens is 3. The van der Waals surface area contributed by atoms with Crippen LogP contribution < -0.4 is 10.5 Å². The number of carbonyl (C=O) groups is 2. The smallest absolute Gasteiger partial charge is 0.338 e. The number of hydrogen-bond acceptors (Lipinski definition) is 5. The third kappa shape index (κ3) is 5.57. The maximum absolute atomic E-state index is 12.1. The Morgan fingerprint density at radius 2 is 1.70 bits per heavy atom. The highest BCUT2D eigenvalue weighted by atomic mass is 35.5. The maximum Gasteiger partial charge on any atom is 0.338 e. The SMILES string of the molecule is Cc1ccc(C(=O)OCC(=O)Nc2c(Cl)cc(Cl)cc2Cl)cc1S(N)(=O)=O. The maximum atomic E-state index is 12.1. The van der Waals surface area contributed by atoms with Crippen molar-refractivity contribution < 1.29 is 22.7 Å². The molecule has 11 heteroatoms. The van der Waals surface area contributed by atoms with Gasteiger partial charge in [0, 0.05) is 5.02 Å². The summed E-state index contributed by atoms with van der Waals surface area (Å²) in [5, 5.41) is 8.02. The fraction of sp³-hybridized carbons (Fsp3) is 0.125. The van der Waals surface area contributed by atoms with Gasteiger partial charge in [-0.25, -0.2) is 18.4 Å². The molecule has 0 aromatic heterocycles. The van der Waals surface area contributed by atoms with Gasteiger partial charge in [-0.05, 0) is 36.8 Å². The number of esters is 1. The van der Waals surface area contributed by atoms with Crippen molar-refractivity contribution in [1.29, 1.82) is 0 Å². The molecule has 3 N–H and O–H groups in total. The van der Waals surface area contributed by atoms with E-state index in [-0.39, 0.29) is 26.2 Å². The van der Waals surface area contributed by atoms with Gasteiger partial charge in [-0.15, -0.1) is 0 Å². The highest BCUT2D eigenvalue weighted by molar-refractivity contribution is 7.89. The zero-order chi connectivity index (χ0) is 20.4. The number of ether oxygens (including phenoxy) is 1. The zero-order valence-electron chi connectivity index (χ0n) is 13.8. The predicted molar refractivity (Wildman–Crippen MR) is 103 cm³/mol. The van der Waals surface area contributed by atoms with Crippen molar-refractivity contribution in [2.24, 2.45) is 5.14 Å². The number of nitrogens with one attached hydrogen (secondary N) is 1. The number of sulfonamides is 1. The van der Waals surface area contributed by atoms with Gasteiger partial charge < -0.3 is 10.1 Å². The van der Waals surface area contributed by atoms with Gasteiger partial charge in [0.1, 0.15) is 0 Å². The van der Waals surface area contributed by atoms with E-state index in [4.69, 9.17) is 44.7 Å². The lowest BCUT2D eigenvalue weighted by Crippen LogP contribution is -2.21. The number of carbonyl (C=O) groups excluding carboxylic acids is 2. The minimum atomic E-state index is -4.00. The van der Waals surface area contributed by atoms with Crippen LogP contribution in [0.2, 0.25) is 15.1 Å². The van der Waals surface area contributed by atoms with Crippen LogP contribution in [-0.4, -0.2) is 26.9 Å². The van der Waals surface area contributed by atoms with E-state index in [1.54, 1.807) is 0 Å². The van der Waals surface area contributed by atoms with E-state index in [0.717, 1.165) is 6.07 Å². The second-order valence-corrected chi connectivity index (χ2v) is 8.17. The second kappa shape index (κ2) is 8.45. The first-order chi connectivity index (χ1) is 12.5. The van der Waals surface area contributed by atoms with Crippen LogP contribution in [0.3, 0.4) is 0 Å². The number of rotatable bonds is 5. The van der Waals surface area contributed by atoms with Gasteiger partial charge in [-0.3, -0.25) is 4.79 Å². The first kappa shape index (κ1) is 21.5. The number of primary sulfonamides is 1. The standard InChI is InChI=1S/C16H13Cl3N2O5S/c1-8-2-3-9(4-13(8)27(20,24)25)16(23)26-7-14(22)21-15-11(18)5-10(17)6-12(15)19/h2-6H,7H2,1H3,(H,21,22)(H2,20,24,25). The summed E-state index contributed by atoms with van der Waals surface area (Å²) in [5.74, 6) is -1.60. The first-order valence-corrected chi connectivity index (χ1v) is 9.92. The van der Waals surface area contributed by atoms with E-state index in [2.05, 4.69) is 5.32 Å². The van der Waals surface area contributed by atoms with E-state index in [1.807, 2.05) is 0 Å². The normalized spacial score (nSPS) is 11.1. The molecule has 27 heavy (non-hydrogen) atoms. The minimum Gasteiger partial charge on any atom is -0.452 e. The molecular formula is C16H13Cl3N2O5S. The van der Waals surface area contributed by atoms with Crippen molar-refractivity contribution in [3.8, 4) is 0 Å². The lowest BCUT2D eigenvalue weighted by molar-refractivity contribution is -0.119. The monoisotopic (exact) mass is 450 g/mol. The Labute approximate surface area is 170 Å². The van der Waals surface area contributed by atoms with Gasteiger partial charge in [0.25, 0.3) is 5.91 Å². The van der Waals surface area contributed by atoms with E-state index >= 15 is 0 Å². The molecule has 0 radical (unpaired) electrons. The summed E-state index contributed by atoms with van der Waals surface area (Å²) in [6.07, 6.45) is 0. The van der Waals surface area contributed by atoms with E-state index in [0.29, 0.717) is 10.6 Å². The number of amides is 1. The van der Waals surface area contributed by atoms with Gasteiger partial charge in [0.2, 0.25) is 10.0 Å². The Morgan fingerprint density at radius 1 is 1.11 bits per heavy atom. The number of hydrogen-bond donors (Lipinski definition) is 2. The van der Waals surface area contributed by atoms with Crippen LogP contribution in [0.15, 0.2) is 35.2 Å². The van der Waals surface area contributed by atoms with Crippen molar-refractivity contribution in [2.75, 3.05) is 11.9 Å². The van der Waals surface area contributed by atoms with Gasteiger partial charge in [-0.1, -0.05) is 40.9 Å². The van der Waals surface area contributed by atoms with Gasteiger partial charge in [0.15, 0.2) is 6.61 Å². The highest BCUT2D eigenvalue weighted by Gasteiger charge is 2.18. The van der Waals surface area contributed by atoms with Gasteiger partial charge in [0.05, 0.1) is 26.2 Å². The Balaban J connectivity index is 2.07. The molecule has 0 fully saturated rings. The molecule has 0 heterocycles. The second-order valence-electron chi connectivity index (χ2n) is 5.39. The molecule has 0 aliphatic carbocycles. The molecule has 0 atom stereocenters. The van der Waals surface area contributed by atoms with Crippen LogP contribution in [-0.2, 0) is 19.6 Å².